The number of aromatic nitrogens is 2. The van der Waals surface area contributed by atoms with Crippen molar-refractivity contribution in [2.75, 3.05) is 19.6 Å². The van der Waals surface area contributed by atoms with Gasteiger partial charge in [-0.2, -0.15) is 5.26 Å². The first kappa shape index (κ1) is 25.8. The molecule has 1 aliphatic heterocycles. The zero-order valence-corrected chi connectivity index (χ0v) is 22.4. The number of hydrogen-bond acceptors (Lipinski definition) is 5. The molecule has 6 rings (SSSR count). The molecule has 3 aliphatic rings. The summed E-state index contributed by atoms with van der Waals surface area (Å²) < 4.78 is 2.13. The Bertz CT molecular complexity index is 1340. The fourth-order valence-electron chi connectivity index (χ4n) is 6.63. The van der Waals surface area contributed by atoms with Crippen molar-refractivity contribution in [2.45, 2.75) is 69.1 Å². The number of nitriles is 1. The van der Waals surface area contributed by atoms with E-state index >= 15 is 0 Å². The Hall–Kier alpha value is -3.47. The van der Waals surface area contributed by atoms with Gasteiger partial charge in [0.25, 0.3) is 5.91 Å². The van der Waals surface area contributed by atoms with Crippen LogP contribution in [0.15, 0.2) is 60.9 Å². The second-order valence-corrected chi connectivity index (χ2v) is 11.6. The van der Waals surface area contributed by atoms with Gasteiger partial charge < -0.3 is 19.9 Å². The van der Waals surface area contributed by atoms with Crippen LogP contribution in [0.1, 0.15) is 72.6 Å². The fraction of sp³-hybridized carbons (Fsp3) is 0.469. The van der Waals surface area contributed by atoms with Crippen molar-refractivity contribution in [3.05, 3.63) is 77.7 Å². The van der Waals surface area contributed by atoms with Crippen molar-refractivity contribution in [1.82, 2.24) is 19.8 Å². The number of piperazine rings is 1. The highest BCUT2D eigenvalue weighted by molar-refractivity contribution is 5.98. The van der Waals surface area contributed by atoms with Crippen LogP contribution in [-0.2, 0) is 6.42 Å². The first-order valence-corrected chi connectivity index (χ1v) is 14.4. The minimum absolute atomic E-state index is 0.0190. The van der Waals surface area contributed by atoms with Gasteiger partial charge >= 0.3 is 0 Å². The van der Waals surface area contributed by atoms with Crippen LogP contribution < -0.4 is 5.32 Å². The minimum atomic E-state index is -0.767. The van der Waals surface area contributed by atoms with Gasteiger partial charge in [0.15, 0.2) is 5.69 Å². The van der Waals surface area contributed by atoms with Crippen molar-refractivity contribution >= 4 is 5.91 Å². The summed E-state index contributed by atoms with van der Waals surface area (Å²) in [6.07, 6.45) is 9.55. The highest BCUT2D eigenvalue weighted by Crippen LogP contribution is 2.48. The van der Waals surface area contributed by atoms with Crippen LogP contribution in [0, 0.1) is 17.2 Å². The smallest absolute Gasteiger partial charge is 0.275 e. The number of rotatable bonds is 7. The van der Waals surface area contributed by atoms with E-state index in [1.807, 2.05) is 59.5 Å². The third kappa shape index (κ3) is 5.36. The van der Waals surface area contributed by atoms with Gasteiger partial charge in [-0.25, -0.2) is 4.98 Å². The van der Waals surface area contributed by atoms with E-state index in [-0.39, 0.29) is 18.0 Å². The van der Waals surface area contributed by atoms with Crippen LogP contribution in [0.4, 0.5) is 0 Å². The summed E-state index contributed by atoms with van der Waals surface area (Å²) >= 11 is 0. The number of benzene rings is 2. The van der Waals surface area contributed by atoms with Gasteiger partial charge in [-0.3, -0.25) is 4.79 Å². The van der Waals surface area contributed by atoms with Crippen LogP contribution in [0.25, 0.3) is 11.3 Å². The maximum atomic E-state index is 14.3. The van der Waals surface area contributed by atoms with Gasteiger partial charge in [0.05, 0.1) is 35.3 Å². The molecule has 0 bridgehead atoms. The number of aliphatic hydroxyl groups is 1. The molecule has 3 aromatic rings. The summed E-state index contributed by atoms with van der Waals surface area (Å²) in [5.41, 5.74) is 3.20. The van der Waals surface area contributed by atoms with Crippen LogP contribution in [-0.4, -0.2) is 56.7 Å². The lowest BCUT2D eigenvalue weighted by Gasteiger charge is -2.42. The summed E-state index contributed by atoms with van der Waals surface area (Å²) in [7, 11) is 0. The van der Waals surface area contributed by atoms with E-state index in [1.54, 1.807) is 6.33 Å². The molecule has 2 aliphatic carbocycles. The van der Waals surface area contributed by atoms with Crippen LogP contribution in [0.3, 0.4) is 0 Å². The number of imidazole rings is 1. The fourth-order valence-corrected chi connectivity index (χ4v) is 6.63. The molecule has 0 radical (unpaired) electrons. The molecular weight excluding hydrogens is 486 g/mol. The Kier molecular flexibility index (Phi) is 7.24. The van der Waals surface area contributed by atoms with Crippen LogP contribution in [0.2, 0.25) is 0 Å². The molecule has 3 atom stereocenters. The number of hydrogen-bond donors (Lipinski definition) is 2. The summed E-state index contributed by atoms with van der Waals surface area (Å²) in [5.74, 6) is 0.554. The Morgan fingerprint density at radius 1 is 1.10 bits per heavy atom. The maximum absolute atomic E-state index is 14.3. The van der Waals surface area contributed by atoms with Gasteiger partial charge in [-0.15, -0.1) is 0 Å². The normalized spacial score (nSPS) is 25.3. The van der Waals surface area contributed by atoms with Crippen molar-refractivity contribution in [2.24, 2.45) is 5.92 Å². The molecule has 7 heteroatoms. The molecule has 1 aromatic heterocycles. The predicted molar refractivity (Wildman–Crippen MR) is 150 cm³/mol. The molecule has 0 spiro atoms. The minimum Gasteiger partial charge on any atom is -0.388 e. The largest absolute Gasteiger partial charge is 0.388 e. The summed E-state index contributed by atoms with van der Waals surface area (Å²) in [6.45, 7) is 2.05. The van der Waals surface area contributed by atoms with Crippen molar-refractivity contribution in [3.8, 4) is 17.3 Å². The van der Waals surface area contributed by atoms with Crippen LogP contribution in [0.5, 0.6) is 0 Å². The van der Waals surface area contributed by atoms with Crippen molar-refractivity contribution < 1.29 is 9.90 Å². The van der Waals surface area contributed by atoms with E-state index in [4.69, 9.17) is 10.2 Å². The Morgan fingerprint density at radius 3 is 2.64 bits per heavy atom. The number of carbonyl (C=O) groups excluding carboxylic acids is 1. The monoisotopic (exact) mass is 523 g/mol. The average Bonchev–Trinajstić information content (AvgIpc) is 3.67. The zero-order chi connectivity index (χ0) is 26.8. The SMILES string of the molecule is N#Cc1ccc(C[C@@H]2CNCCN2C(=O)c2ncn([C@@H]3CCCC[C@@]3(O)CC3CC3)c2-c2ccccc2)cc1. The molecule has 39 heavy (non-hydrogen) atoms. The van der Waals surface area contributed by atoms with Gasteiger partial charge in [-0.1, -0.05) is 68.1 Å². The standard InChI is InChI=1S/C32H37N5O2/c33-20-25-13-9-23(10-14-25)18-27-21-34-16-17-36(27)31(38)29-30(26-6-2-1-3-7-26)37(22-35-29)28-8-4-5-15-32(28,39)19-24-11-12-24/h1-3,6-7,9-10,13-14,22,24,27-28,34,39H,4-5,8,11-12,15-19,21H2/t27-,28-,32-/m1/s1. The Labute approximate surface area is 230 Å². The number of carbonyl (C=O) groups is 1. The maximum Gasteiger partial charge on any atom is 0.275 e. The second-order valence-electron chi connectivity index (χ2n) is 11.6. The summed E-state index contributed by atoms with van der Waals surface area (Å²) in [6, 6.07) is 19.7. The van der Waals surface area contributed by atoms with Crippen molar-refractivity contribution in [1.29, 1.82) is 5.26 Å². The number of nitrogens with zero attached hydrogens (tertiary/aromatic N) is 4. The van der Waals surface area contributed by atoms with E-state index < -0.39 is 5.60 Å². The first-order valence-electron chi connectivity index (χ1n) is 14.4. The average molecular weight is 524 g/mol. The molecule has 2 saturated carbocycles. The van der Waals surface area contributed by atoms with E-state index in [9.17, 15) is 9.90 Å². The molecule has 2 aromatic carbocycles. The van der Waals surface area contributed by atoms with Crippen molar-refractivity contribution in [3.63, 3.8) is 0 Å². The molecular formula is C32H37N5O2. The molecule has 3 fully saturated rings. The Balaban J connectivity index is 1.35. The van der Waals surface area contributed by atoms with Gasteiger partial charge in [0, 0.05) is 31.2 Å². The van der Waals surface area contributed by atoms with Gasteiger partial charge in [-0.05, 0) is 49.3 Å². The lowest BCUT2D eigenvalue weighted by molar-refractivity contribution is -0.0518. The predicted octanol–water partition coefficient (Wildman–Crippen LogP) is 4.72. The molecule has 0 unspecified atom stereocenters. The van der Waals surface area contributed by atoms with E-state index in [1.165, 1.54) is 12.8 Å². The molecule has 202 valence electrons. The topological polar surface area (TPSA) is 94.2 Å². The molecule has 1 amide bonds. The lowest BCUT2D eigenvalue weighted by Crippen LogP contribution is -2.54. The molecule has 7 nitrogen and oxygen atoms in total. The Morgan fingerprint density at radius 2 is 1.90 bits per heavy atom. The van der Waals surface area contributed by atoms with E-state index in [0.29, 0.717) is 36.7 Å². The summed E-state index contributed by atoms with van der Waals surface area (Å²) in [4.78, 5) is 21.0. The lowest BCUT2D eigenvalue weighted by atomic mass is 9.76. The first-order chi connectivity index (χ1) is 19.1. The van der Waals surface area contributed by atoms with Gasteiger partial charge in [0.1, 0.15) is 0 Å². The van der Waals surface area contributed by atoms with Gasteiger partial charge in [0.2, 0.25) is 0 Å². The third-order valence-electron chi connectivity index (χ3n) is 8.84. The van der Waals surface area contributed by atoms with Crippen LogP contribution >= 0.6 is 0 Å². The molecule has 2 N–H and O–H groups in total. The second kappa shape index (κ2) is 11.0. The number of nitrogens with one attached hydrogen (secondary N) is 1. The quantitative estimate of drug-likeness (QED) is 0.467. The van der Waals surface area contributed by atoms with E-state index in [0.717, 1.165) is 55.5 Å². The number of amides is 1. The third-order valence-corrected chi connectivity index (χ3v) is 8.84. The zero-order valence-electron chi connectivity index (χ0n) is 22.4. The molecule has 1 saturated heterocycles. The molecule has 2 heterocycles. The highest BCUT2D eigenvalue weighted by Gasteiger charge is 2.45. The highest BCUT2D eigenvalue weighted by atomic mass is 16.3. The summed E-state index contributed by atoms with van der Waals surface area (Å²) in [5, 5.41) is 24.5. The van der Waals surface area contributed by atoms with E-state index in [2.05, 4.69) is 16.0 Å².